The normalized spacial score (nSPS) is 14.2. The van der Waals surface area contributed by atoms with Gasteiger partial charge in [-0.2, -0.15) is 0 Å². The molecule has 55 heavy (non-hydrogen) atoms. The Kier molecular flexibility index (Phi) is 39.1. The molecule has 0 aliphatic rings. The summed E-state index contributed by atoms with van der Waals surface area (Å²) in [6.07, 6.45) is 41.1. The Balaban J connectivity index is 4.29. The van der Waals surface area contributed by atoms with Crippen molar-refractivity contribution in [3.8, 4) is 0 Å². The highest BCUT2D eigenvalue weighted by Crippen LogP contribution is 2.43. The smallest absolute Gasteiger partial charge is 0.462 e. The Morgan fingerprint density at radius 1 is 0.545 bits per heavy atom. The molecule has 0 heterocycles. The summed E-state index contributed by atoms with van der Waals surface area (Å²) in [7, 11) is -4.62. The van der Waals surface area contributed by atoms with E-state index in [1.807, 2.05) is 0 Å². The molecule has 11 heteroatoms. The van der Waals surface area contributed by atoms with E-state index in [4.69, 9.17) is 19.1 Å². The zero-order chi connectivity index (χ0) is 40.5. The molecule has 0 bridgehead atoms. The van der Waals surface area contributed by atoms with Crippen LogP contribution in [0.4, 0.5) is 0 Å². The molecule has 0 radical (unpaired) electrons. The number of unbranched alkanes of at least 4 members (excludes halogenated alkanes) is 21. The van der Waals surface area contributed by atoms with E-state index in [1.54, 1.807) is 0 Å². The largest absolute Gasteiger partial charge is 0.472 e. The summed E-state index contributed by atoms with van der Waals surface area (Å²) in [5.41, 5.74) is 0. The van der Waals surface area contributed by atoms with Crippen LogP contribution in [0.1, 0.15) is 194 Å². The molecule has 10 nitrogen and oxygen atoms in total. The van der Waals surface area contributed by atoms with Crippen LogP contribution in [0.3, 0.4) is 0 Å². The van der Waals surface area contributed by atoms with Crippen molar-refractivity contribution in [1.29, 1.82) is 0 Å². The molecular weight excluding hydrogens is 719 g/mol. The number of allylic oxidation sites excluding steroid dienone is 6. The molecular formula is C44H81O10P. The molecule has 0 aliphatic heterocycles. The molecule has 0 saturated heterocycles. The summed E-state index contributed by atoms with van der Waals surface area (Å²) in [6.45, 7) is 2.32. The minimum absolute atomic E-state index is 0.167. The first-order valence-corrected chi connectivity index (χ1v) is 23.4. The lowest BCUT2D eigenvalue weighted by molar-refractivity contribution is -0.161. The highest BCUT2D eigenvalue weighted by atomic mass is 31.2. The first-order chi connectivity index (χ1) is 26.7. The second-order valence-electron chi connectivity index (χ2n) is 14.7. The van der Waals surface area contributed by atoms with Crippen molar-refractivity contribution in [2.45, 2.75) is 206 Å². The lowest BCUT2D eigenvalue weighted by Gasteiger charge is -2.20. The molecule has 0 amide bonds. The van der Waals surface area contributed by atoms with Crippen molar-refractivity contribution < 1.29 is 47.8 Å². The molecule has 0 fully saturated rings. The molecule has 0 aliphatic carbocycles. The fraction of sp³-hybridized carbons (Fsp3) is 0.818. The van der Waals surface area contributed by atoms with E-state index < -0.39 is 51.8 Å². The Bertz CT molecular complexity index is 1010. The third-order valence-electron chi connectivity index (χ3n) is 9.27. The number of hydrogen-bond acceptors (Lipinski definition) is 9. The van der Waals surface area contributed by atoms with Gasteiger partial charge in [-0.15, -0.1) is 0 Å². The molecule has 0 aromatic heterocycles. The number of aliphatic hydroxyl groups is 2. The Labute approximate surface area is 335 Å². The Hall–Kier alpha value is -1.81. The van der Waals surface area contributed by atoms with Crippen molar-refractivity contribution in [2.24, 2.45) is 0 Å². The van der Waals surface area contributed by atoms with E-state index in [0.717, 1.165) is 70.6 Å². The fourth-order valence-corrected chi connectivity index (χ4v) is 6.62. The van der Waals surface area contributed by atoms with Crippen LogP contribution in [0.5, 0.6) is 0 Å². The van der Waals surface area contributed by atoms with Gasteiger partial charge in [0.2, 0.25) is 0 Å². The zero-order valence-electron chi connectivity index (χ0n) is 34.9. The van der Waals surface area contributed by atoms with E-state index in [2.05, 4.69) is 54.8 Å². The van der Waals surface area contributed by atoms with Crippen LogP contribution < -0.4 is 0 Å². The molecule has 322 valence electrons. The highest BCUT2D eigenvalue weighted by Gasteiger charge is 2.27. The van der Waals surface area contributed by atoms with Gasteiger partial charge in [-0.1, -0.05) is 153 Å². The van der Waals surface area contributed by atoms with Gasteiger partial charge >= 0.3 is 19.8 Å². The standard InChI is InChI=1S/C44H81O10P/c1-3-5-7-9-11-13-15-17-19-20-21-22-24-25-27-29-31-33-35-43(47)51-39-42(40-53-55(49,50)52-38-41(46)37-45)54-44(48)36-34-32-30-28-26-23-18-16-14-12-10-8-6-4-2/h10,12,16,18-20,41-42,45-46H,3-9,11,13-15,17,21-40H2,1-2H3,(H,49,50)/b12-10-,18-16-,20-19-. The average Bonchev–Trinajstić information content (AvgIpc) is 3.17. The molecule has 3 N–H and O–H groups in total. The van der Waals surface area contributed by atoms with Crippen LogP contribution in [0.15, 0.2) is 36.5 Å². The summed E-state index contributed by atoms with van der Waals surface area (Å²) < 4.78 is 32.7. The predicted molar refractivity (Wildman–Crippen MR) is 224 cm³/mol. The highest BCUT2D eigenvalue weighted by molar-refractivity contribution is 7.47. The maximum Gasteiger partial charge on any atom is 0.472 e. The van der Waals surface area contributed by atoms with Gasteiger partial charge in [-0.25, -0.2) is 4.57 Å². The number of phosphoric ester groups is 1. The number of hydrogen-bond donors (Lipinski definition) is 3. The van der Waals surface area contributed by atoms with Gasteiger partial charge in [0.05, 0.1) is 19.8 Å². The molecule has 0 rings (SSSR count). The summed E-state index contributed by atoms with van der Waals surface area (Å²) >= 11 is 0. The number of aliphatic hydroxyl groups excluding tert-OH is 2. The number of rotatable bonds is 41. The van der Waals surface area contributed by atoms with Gasteiger partial charge < -0.3 is 24.6 Å². The quantitative estimate of drug-likeness (QED) is 0.0236. The maximum atomic E-state index is 12.6. The van der Waals surface area contributed by atoms with Crippen LogP contribution in [0, 0.1) is 0 Å². The van der Waals surface area contributed by atoms with Crippen molar-refractivity contribution in [2.75, 3.05) is 26.4 Å². The zero-order valence-corrected chi connectivity index (χ0v) is 35.8. The maximum absolute atomic E-state index is 12.6. The van der Waals surface area contributed by atoms with Crippen molar-refractivity contribution in [3.05, 3.63) is 36.5 Å². The topological polar surface area (TPSA) is 149 Å². The molecule has 0 aromatic carbocycles. The van der Waals surface area contributed by atoms with Gasteiger partial charge in [0, 0.05) is 12.8 Å². The monoisotopic (exact) mass is 801 g/mol. The van der Waals surface area contributed by atoms with Gasteiger partial charge in [0.1, 0.15) is 12.7 Å². The second kappa shape index (κ2) is 40.4. The second-order valence-corrected chi connectivity index (χ2v) is 16.2. The number of carbonyl (C=O) groups excluding carboxylic acids is 2. The van der Waals surface area contributed by atoms with Crippen LogP contribution in [-0.2, 0) is 32.7 Å². The van der Waals surface area contributed by atoms with E-state index in [-0.39, 0.29) is 19.4 Å². The molecule has 0 saturated carbocycles. The van der Waals surface area contributed by atoms with E-state index in [0.29, 0.717) is 12.8 Å². The molecule has 3 atom stereocenters. The van der Waals surface area contributed by atoms with E-state index in [1.165, 1.54) is 83.5 Å². The third kappa shape index (κ3) is 40.2. The van der Waals surface area contributed by atoms with Crippen LogP contribution >= 0.6 is 7.82 Å². The fourth-order valence-electron chi connectivity index (χ4n) is 5.83. The number of esters is 2. The van der Waals surface area contributed by atoms with Gasteiger partial charge in [-0.05, 0) is 64.2 Å². The number of carbonyl (C=O) groups is 2. The minimum atomic E-state index is -4.62. The van der Waals surface area contributed by atoms with Gasteiger partial charge in [-0.3, -0.25) is 18.6 Å². The van der Waals surface area contributed by atoms with Crippen LogP contribution in [0.2, 0.25) is 0 Å². The summed E-state index contributed by atoms with van der Waals surface area (Å²) in [6, 6.07) is 0. The molecule has 0 aromatic rings. The van der Waals surface area contributed by atoms with E-state index in [9.17, 15) is 24.2 Å². The summed E-state index contributed by atoms with van der Waals surface area (Å²) in [5.74, 6) is -0.944. The van der Waals surface area contributed by atoms with Gasteiger partial charge in [0.15, 0.2) is 6.10 Å². The number of ether oxygens (including phenoxy) is 2. The van der Waals surface area contributed by atoms with Crippen LogP contribution in [-0.4, -0.2) is 65.7 Å². The lowest BCUT2D eigenvalue weighted by Crippen LogP contribution is -2.29. The van der Waals surface area contributed by atoms with Crippen LogP contribution in [0.25, 0.3) is 0 Å². The number of phosphoric acid groups is 1. The van der Waals surface area contributed by atoms with Gasteiger partial charge in [0.25, 0.3) is 0 Å². The summed E-state index contributed by atoms with van der Waals surface area (Å²) in [5, 5.41) is 18.3. The lowest BCUT2D eigenvalue weighted by atomic mass is 10.1. The molecule has 3 unspecified atom stereocenters. The summed E-state index contributed by atoms with van der Waals surface area (Å²) in [4.78, 5) is 35.0. The van der Waals surface area contributed by atoms with Crippen molar-refractivity contribution >= 4 is 19.8 Å². The van der Waals surface area contributed by atoms with Crippen molar-refractivity contribution in [3.63, 3.8) is 0 Å². The third-order valence-corrected chi connectivity index (χ3v) is 10.2. The van der Waals surface area contributed by atoms with Crippen molar-refractivity contribution in [1.82, 2.24) is 0 Å². The average molecular weight is 801 g/mol. The first kappa shape index (κ1) is 53.2. The first-order valence-electron chi connectivity index (χ1n) is 21.9. The SMILES string of the molecule is CCCC/C=C\C/C=C\CCCCCCCC(=O)OC(COC(=O)CCCCCCCCC/C=C\CCCCCCCCC)COP(=O)(O)OCC(O)CO. The van der Waals surface area contributed by atoms with E-state index >= 15 is 0 Å². The Morgan fingerprint density at radius 3 is 1.47 bits per heavy atom. The molecule has 0 spiro atoms. The Morgan fingerprint density at radius 2 is 0.964 bits per heavy atom. The predicted octanol–water partition coefficient (Wildman–Crippen LogP) is 11.6. The minimum Gasteiger partial charge on any atom is -0.462 e.